The fourth-order valence-corrected chi connectivity index (χ4v) is 0.416. The summed E-state index contributed by atoms with van der Waals surface area (Å²) in [6.45, 7) is -0.688. The Morgan fingerprint density at radius 1 is 1.27 bits per heavy atom. The minimum absolute atomic E-state index is 0. The van der Waals surface area contributed by atoms with Gasteiger partial charge in [-0.2, -0.15) is 0 Å². The number of hydrogen-bond donors (Lipinski definition) is 4. The number of carbonyl (C=O) groups excluding carboxylic acids is 1. The van der Waals surface area contributed by atoms with Crippen LogP contribution in [-0.4, -0.2) is 51.6 Å². The highest BCUT2D eigenvalue weighted by molar-refractivity contribution is 5.56. The van der Waals surface area contributed by atoms with Crippen LogP contribution in [0.1, 0.15) is 7.43 Å². The van der Waals surface area contributed by atoms with E-state index in [1.807, 2.05) is 0 Å². The summed E-state index contributed by atoms with van der Waals surface area (Å²) < 4.78 is 0. The van der Waals surface area contributed by atoms with Crippen molar-refractivity contribution in [3.63, 3.8) is 0 Å². The molecule has 0 aromatic heterocycles. The van der Waals surface area contributed by atoms with Gasteiger partial charge >= 0.3 is 0 Å². The maximum Gasteiger partial charge on any atom is 0.151 e. The van der Waals surface area contributed by atoms with Crippen LogP contribution in [0.5, 0.6) is 0 Å². The molecule has 0 heterocycles. The monoisotopic (exact) mass is 166 g/mol. The van der Waals surface area contributed by atoms with Crippen LogP contribution in [0.3, 0.4) is 0 Å². The summed E-state index contributed by atoms with van der Waals surface area (Å²) in [5.41, 5.74) is 0. The first kappa shape index (κ1) is 13.1. The fraction of sp³-hybridized carbons (Fsp3) is 0.833. The molecule has 0 saturated heterocycles. The molecule has 0 fully saturated rings. The summed E-state index contributed by atoms with van der Waals surface area (Å²) in [5, 5.41) is 34.1. The highest BCUT2D eigenvalue weighted by Crippen LogP contribution is 1.96. The Morgan fingerprint density at radius 2 is 1.73 bits per heavy atom. The maximum atomic E-state index is 9.76. The van der Waals surface area contributed by atoms with E-state index in [1.54, 1.807) is 0 Å². The molecule has 0 radical (unpaired) electrons. The smallest absolute Gasteiger partial charge is 0.151 e. The molecule has 68 valence electrons. The molecule has 0 unspecified atom stereocenters. The number of aldehydes is 1. The van der Waals surface area contributed by atoms with Crippen LogP contribution in [-0.2, 0) is 4.79 Å². The molecule has 5 nitrogen and oxygen atoms in total. The quantitative estimate of drug-likeness (QED) is 0.358. The Bertz CT molecular complexity index is 105. The second-order valence-corrected chi connectivity index (χ2v) is 1.87. The summed E-state index contributed by atoms with van der Waals surface area (Å²) in [6, 6.07) is 0. The lowest BCUT2D eigenvalue weighted by molar-refractivity contribution is -0.127. The summed E-state index contributed by atoms with van der Waals surface area (Å²) in [4.78, 5) is 9.76. The topological polar surface area (TPSA) is 98.0 Å². The van der Waals surface area contributed by atoms with E-state index >= 15 is 0 Å². The molecule has 0 amide bonds. The lowest BCUT2D eigenvalue weighted by Gasteiger charge is -2.16. The van der Waals surface area contributed by atoms with Gasteiger partial charge in [0.1, 0.15) is 18.3 Å². The summed E-state index contributed by atoms with van der Waals surface area (Å²) in [5.74, 6) is 0. The molecule has 5 heteroatoms. The standard InChI is InChI=1S/C5H10O5.CH4/c6-1-3(8)5(10)4(9)2-7;/h1,3-5,7-10H,2H2;1H4/t3-,4+,5+;/m0./s1. The second kappa shape index (κ2) is 6.23. The van der Waals surface area contributed by atoms with E-state index < -0.39 is 24.9 Å². The van der Waals surface area contributed by atoms with Crippen LogP contribution in [0.4, 0.5) is 0 Å². The summed E-state index contributed by atoms with van der Waals surface area (Å²) >= 11 is 0. The summed E-state index contributed by atoms with van der Waals surface area (Å²) in [7, 11) is 0. The fourth-order valence-electron chi connectivity index (χ4n) is 0.416. The third kappa shape index (κ3) is 4.05. The Kier molecular flexibility index (Phi) is 7.44. The van der Waals surface area contributed by atoms with Crippen LogP contribution < -0.4 is 0 Å². The largest absolute Gasteiger partial charge is 0.394 e. The van der Waals surface area contributed by atoms with E-state index in [-0.39, 0.29) is 13.7 Å². The predicted octanol–water partition coefficient (Wildman–Crippen LogP) is -2.10. The van der Waals surface area contributed by atoms with Gasteiger partial charge in [0.15, 0.2) is 6.29 Å². The third-order valence-corrected chi connectivity index (χ3v) is 1.07. The van der Waals surface area contributed by atoms with Gasteiger partial charge in [0, 0.05) is 0 Å². The molecule has 3 atom stereocenters. The van der Waals surface area contributed by atoms with Gasteiger partial charge in [-0.1, -0.05) is 7.43 Å². The zero-order valence-electron chi connectivity index (χ0n) is 5.21. The Hall–Kier alpha value is -0.490. The molecule has 0 aromatic rings. The zero-order chi connectivity index (χ0) is 8.15. The van der Waals surface area contributed by atoms with E-state index in [4.69, 9.17) is 20.4 Å². The molecule has 0 rings (SSSR count). The normalized spacial score (nSPS) is 17.8. The number of hydrogen-bond acceptors (Lipinski definition) is 5. The van der Waals surface area contributed by atoms with Gasteiger partial charge in [0.2, 0.25) is 0 Å². The van der Waals surface area contributed by atoms with Crippen molar-refractivity contribution in [1.29, 1.82) is 0 Å². The van der Waals surface area contributed by atoms with Crippen molar-refractivity contribution in [3.8, 4) is 0 Å². The molecule has 0 aliphatic carbocycles. The minimum Gasteiger partial charge on any atom is -0.394 e. The van der Waals surface area contributed by atoms with Gasteiger partial charge in [-0.05, 0) is 0 Å². The lowest BCUT2D eigenvalue weighted by atomic mass is 10.1. The minimum atomic E-state index is -1.64. The SMILES string of the molecule is C.O=C[C@H](O)[C@@H](O)[C@H](O)CO. The molecule has 0 aromatic carbocycles. The second-order valence-electron chi connectivity index (χ2n) is 1.87. The van der Waals surface area contributed by atoms with E-state index in [1.165, 1.54) is 0 Å². The van der Waals surface area contributed by atoms with E-state index in [2.05, 4.69) is 0 Å². The lowest BCUT2D eigenvalue weighted by Crippen LogP contribution is -2.40. The van der Waals surface area contributed by atoms with Crippen molar-refractivity contribution >= 4 is 6.29 Å². The van der Waals surface area contributed by atoms with E-state index in [0.717, 1.165) is 0 Å². The molecule has 4 N–H and O–H groups in total. The average Bonchev–Trinajstić information content (AvgIpc) is 2.00. The van der Waals surface area contributed by atoms with Crippen LogP contribution in [0, 0.1) is 0 Å². The molecular weight excluding hydrogens is 152 g/mol. The van der Waals surface area contributed by atoms with Gasteiger partial charge in [-0.15, -0.1) is 0 Å². The van der Waals surface area contributed by atoms with E-state index in [9.17, 15) is 4.79 Å². The van der Waals surface area contributed by atoms with Crippen molar-refractivity contribution in [2.45, 2.75) is 25.7 Å². The van der Waals surface area contributed by atoms with Crippen molar-refractivity contribution in [2.75, 3.05) is 6.61 Å². The van der Waals surface area contributed by atoms with Gasteiger partial charge < -0.3 is 25.2 Å². The molecule has 0 spiro atoms. The van der Waals surface area contributed by atoms with Crippen molar-refractivity contribution in [2.24, 2.45) is 0 Å². The maximum absolute atomic E-state index is 9.76. The zero-order valence-corrected chi connectivity index (χ0v) is 5.21. The van der Waals surface area contributed by atoms with Crippen LogP contribution >= 0.6 is 0 Å². The van der Waals surface area contributed by atoms with Gasteiger partial charge in [0.05, 0.1) is 6.61 Å². The Balaban J connectivity index is 0. The molecule has 0 bridgehead atoms. The van der Waals surface area contributed by atoms with Crippen molar-refractivity contribution in [1.82, 2.24) is 0 Å². The first-order chi connectivity index (χ1) is 4.63. The Morgan fingerprint density at radius 3 is 2.00 bits per heavy atom. The van der Waals surface area contributed by atoms with Crippen molar-refractivity contribution in [3.05, 3.63) is 0 Å². The highest BCUT2D eigenvalue weighted by atomic mass is 16.4. The molecule has 0 aliphatic rings. The van der Waals surface area contributed by atoms with Gasteiger partial charge in [-0.25, -0.2) is 0 Å². The highest BCUT2D eigenvalue weighted by Gasteiger charge is 2.22. The van der Waals surface area contributed by atoms with Crippen LogP contribution in [0.2, 0.25) is 0 Å². The molecule has 11 heavy (non-hydrogen) atoms. The summed E-state index contributed by atoms with van der Waals surface area (Å²) in [6.07, 6.45) is -4.63. The first-order valence-electron chi connectivity index (χ1n) is 2.73. The third-order valence-electron chi connectivity index (χ3n) is 1.07. The van der Waals surface area contributed by atoms with Crippen molar-refractivity contribution < 1.29 is 25.2 Å². The van der Waals surface area contributed by atoms with E-state index in [0.29, 0.717) is 0 Å². The molecule has 0 saturated carbocycles. The van der Waals surface area contributed by atoms with Crippen LogP contribution in [0.25, 0.3) is 0 Å². The predicted molar refractivity (Wildman–Crippen MR) is 37.9 cm³/mol. The number of rotatable bonds is 4. The number of carbonyl (C=O) groups is 1. The number of aliphatic hydroxyl groups excluding tert-OH is 4. The molecule has 0 aliphatic heterocycles. The Labute approximate surface area is 64.9 Å². The average molecular weight is 166 g/mol. The first-order valence-corrected chi connectivity index (χ1v) is 2.73. The van der Waals surface area contributed by atoms with Crippen LogP contribution in [0.15, 0.2) is 0 Å². The van der Waals surface area contributed by atoms with Gasteiger partial charge in [-0.3, -0.25) is 0 Å². The number of aliphatic hydroxyl groups is 4. The van der Waals surface area contributed by atoms with Gasteiger partial charge in [0.25, 0.3) is 0 Å². The molecular formula is C6H14O5.